The quantitative estimate of drug-likeness (QED) is 0.308. The maximum absolute atomic E-state index is 13.6. The number of nitrogens with zero attached hydrogens (tertiary/aromatic N) is 1. The molecule has 2 aromatic carbocycles. The van der Waals surface area contributed by atoms with Gasteiger partial charge in [0.15, 0.2) is 0 Å². The number of amides is 1. The topological polar surface area (TPSA) is 67.9 Å². The monoisotopic (exact) mass is 610 g/mol. The van der Waals surface area contributed by atoms with Crippen LogP contribution in [0.1, 0.15) is 67.4 Å². The maximum atomic E-state index is 13.6. The minimum Gasteiger partial charge on any atom is -0.490 e. The van der Waals surface area contributed by atoms with Crippen LogP contribution in [-0.2, 0) is 26.3 Å². The average Bonchev–Trinajstić information content (AvgIpc) is 3.09. The smallest absolute Gasteiger partial charge is 0.262 e. The van der Waals surface area contributed by atoms with Gasteiger partial charge in [-0.3, -0.25) is 9.52 Å². The summed E-state index contributed by atoms with van der Waals surface area (Å²) in [6.45, 7) is 6.23. The Morgan fingerprint density at radius 3 is 2.76 bits per heavy atom. The van der Waals surface area contributed by atoms with Gasteiger partial charge in [0, 0.05) is 41.5 Å². The maximum Gasteiger partial charge on any atom is 0.262 e. The van der Waals surface area contributed by atoms with Crippen LogP contribution in [0.5, 0.6) is 5.75 Å². The number of methoxy groups -OCH3 is 1. The second-order valence-corrected chi connectivity index (χ2v) is 16.0. The molecule has 42 heavy (non-hydrogen) atoms. The van der Waals surface area contributed by atoms with E-state index in [-0.39, 0.29) is 28.6 Å². The molecule has 1 unspecified atom stereocenters. The van der Waals surface area contributed by atoms with E-state index in [1.54, 1.807) is 13.2 Å². The number of hydrogen-bond donors (Lipinski definition) is 1. The van der Waals surface area contributed by atoms with E-state index in [0.29, 0.717) is 30.4 Å². The van der Waals surface area contributed by atoms with Gasteiger partial charge in [0.25, 0.3) is 5.91 Å². The van der Waals surface area contributed by atoms with Crippen molar-refractivity contribution >= 4 is 38.8 Å². The van der Waals surface area contributed by atoms with Crippen LogP contribution >= 0.6 is 11.6 Å². The molecule has 2 heterocycles. The lowest BCUT2D eigenvalue weighted by molar-refractivity contribution is 0.0130. The molecule has 6 rings (SSSR count). The van der Waals surface area contributed by atoms with Crippen LogP contribution in [0, 0.1) is 17.8 Å². The standard InChI is InChI=1S/C34H43ClN2O4S/c1-22-7-13-31(40-3)28-11-8-26(28)19-37-20-34(15-5-6-24-17-27(35)10-12-29(24)34)21-41-32-14-9-25(18-30(32)37)33(38)36-42(4,39)23(2)16-22/h7,9-10,12-14,17-18,22-23,26,28,31H,4-6,8,11,15-16,19-21H2,1-3H3,(H,36,38,39)/b13-7+/t22-,23-,26+,28-,31+,34+,42?/m1/s1. The molecule has 2 bridgehead atoms. The van der Waals surface area contributed by atoms with Gasteiger partial charge in [-0.15, -0.1) is 0 Å². The fraction of sp³-hybridized carbons (Fsp3) is 0.529. The van der Waals surface area contributed by atoms with Crippen LogP contribution in [0.15, 0.2) is 48.6 Å². The summed E-state index contributed by atoms with van der Waals surface area (Å²) in [5.74, 6) is 5.42. The first-order valence-electron chi connectivity index (χ1n) is 15.3. The highest BCUT2D eigenvalue weighted by Gasteiger charge is 2.44. The van der Waals surface area contributed by atoms with Gasteiger partial charge in [0.2, 0.25) is 0 Å². The van der Waals surface area contributed by atoms with Crippen LogP contribution in [0.3, 0.4) is 0 Å². The zero-order chi connectivity index (χ0) is 29.6. The normalized spacial score (nSPS) is 35.6. The molecule has 1 amide bonds. The molecule has 226 valence electrons. The first-order valence-corrected chi connectivity index (χ1v) is 17.5. The lowest BCUT2D eigenvalue weighted by atomic mass is 9.68. The fourth-order valence-corrected chi connectivity index (χ4v) is 9.00. The third-order valence-corrected chi connectivity index (χ3v) is 12.4. The number of hydrogen-bond acceptors (Lipinski definition) is 5. The van der Waals surface area contributed by atoms with Gasteiger partial charge in [-0.05, 0) is 111 Å². The zero-order valence-corrected chi connectivity index (χ0v) is 26.5. The van der Waals surface area contributed by atoms with E-state index in [9.17, 15) is 9.00 Å². The van der Waals surface area contributed by atoms with E-state index in [4.69, 9.17) is 21.1 Å². The molecule has 2 aromatic rings. The Hall–Kier alpha value is -2.48. The Morgan fingerprint density at radius 1 is 1.17 bits per heavy atom. The summed E-state index contributed by atoms with van der Waals surface area (Å²) in [7, 11) is -1.07. The molecule has 6 nitrogen and oxygen atoms in total. The summed E-state index contributed by atoms with van der Waals surface area (Å²) in [5.41, 5.74) is 3.82. The van der Waals surface area contributed by atoms with Crippen molar-refractivity contribution in [3.05, 3.63) is 70.3 Å². The van der Waals surface area contributed by atoms with Crippen LogP contribution < -0.4 is 14.4 Å². The van der Waals surface area contributed by atoms with Crippen molar-refractivity contribution in [2.75, 3.05) is 31.7 Å². The van der Waals surface area contributed by atoms with Crippen LogP contribution in [0.2, 0.25) is 5.02 Å². The molecule has 1 saturated carbocycles. The number of nitrogens with one attached hydrogen (secondary N) is 1. The molecule has 4 aliphatic rings. The van der Waals surface area contributed by atoms with Crippen molar-refractivity contribution < 1.29 is 18.5 Å². The lowest BCUT2D eigenvalue weighted by Crippen LogP contribution is -2.49. The summed E-state index contributed by atoms with van der Waals surface area (Å²) in [6, 6.07) is 11.9. The Kier molecular flexibility index (Phi) is 8.14. The Labute approximate surface area is 255 Å². The molecule has 0 radical (unpaired) electrons. The van der Waals surface area contributed by atoms with Gasteiger partial charge in [-0.1, -0.05) is 36.7 Å². The number of carbonyl (C=O) groups excluding carboxylic acids is 1. The van der Waals surface area contributed by atoms with Gasteiger partial charge >= 0.3 is 0 Å². The van der Waals surface area contributed by atoms with E-state index < -0.39 is 9.71 Å². The number of allylic oxidation sites excluding steroid dienone is 1. The lowest BCUT2D eigenvalue weighted by Gasteiger charge is -2.46. The molecule has 8 heteroatoms. The number of fused-ring (bicyclic) bond motifs is 4. The second kappa shape index (κ2) is 11.5. The van der Waals surface area contributed by atoms with Crippen molar-refractivity contribution in [1.82, 2.24) is 4.72 Å². The number of benzene rings is 2. The first-order chi connectivity index (χ1) is 20.1. The van der Waals surface area contributed by atoms with E-state index in [1.165, 1.54) is 11.1 Å². The summed E-state index contributed by atoms with van der Waals surface area (Å²) >= 11 is 6.42. The fourth-order valence-electron chi connectivity index (χ4n) is 7.56. The number of halogens is 1. The van der Waals surface area contributed by atoms with Gasteiger partial charge in [0.05, 0.1) is 28.1 Å². The Balaban J connectivity index is 1.43. The number of rotatable bonds is 1. The van der Waals surface area contributed by atoms with Gasteiger partial charge in [-0.25, -0.2) is 4.21 Å². The van der Waals surface area contributed by atoms with E-state index >= 15 is 0 Å². The van der Waals surface area contributed by atoms with Gasteiger partial charge in [0.1, 0.15) is 5.75 Å². The molecule has 2 aliphatic carbocycles. The molecular weight excluding hydrogens is 568 g/mol. The highest BCUT2D eigenvalue weighted by atomic mass is 35.5. The average molecular weight is 611 g/mol. The largest absolute Gasteiger partial charge is 0.490 e. The predicted octanol–water partition coefficient (Wildman–Crippen LogP) is 6.20. The molecule has 7 atom stereocenters. The summed E-state index contributed by atoms with van der Waals surface area (Å²) in [4.78, 5) is 15.9. The highest BCUT2D eigenvalue weighted by molar-refractivity contribution is 7.99. The van der Waals surface area contributed by atoms with E-state index in [0.717, 1.165) is 61.7 Å². The molecule has 1 N–H and O–H groups in total. The predicted molar refractivity (Wildman–Crippen MR) is 172 cm³/mol. The van der Waals surface area contributed by atoms with Crippen molar-refractivity contribution in [3.63, 3.8) is 0 Å². The highest BCUT2D eigenvalue weighted by Crippen LogP contribution is 2.47. The third-order valence-electron chi connectivity index (χ3n) is 10.2. The summed E-state index contributed by atoms with van der Waals surface area (Å²) < 4.78 is 29.0. The molecule has 1 fully saturated rings. The summed E-state index contributed by atoms with van der Waals surface area (Å²) in [6.07, 6.45) is 10.4. The van der Waals surface area contributed by atoms with Crippen LogP contribution in [0.4, 0.5) is 5.69 Å². The third kappa shape index (κ3) is 5.60. The van der Waals surface area contributed by atoms with Gasteiger partial charge < -0.3 is 14.4 Å². The Morgan fingerprint density at radius 2 is 2.00 bits per heavy atom. The second-order valence-electron chi connectivity index (χ2n) is 13.1. The molecule has 1 spiro atoms. The number of aryl methyl sites for hydroxylation is 1. The number of carbonyl (C=O) groups is 1. The van der Waals surface area contributed by atoms with Crippen molar-refractivity contribution in [2.45, 2.75) is 69.1 Å². The number of anilines is 1. The van der Waals surface area contributed by atoms with E-state index in [2.05, 4.69) is 46.7 Å². The minimum absolute atomic E-state index is 0.0266. The van der Waals surface area contributed by atoms with Crippen LogP contribution in [-0.4, -0.2) is 54.1 Å². The van der Waals surface area contributed by atoms with Crippen LogP contribution in [0.25, 0.3) is 0 Å². The Bertz CT molecular complexity index is 1490. The van der Waals surface area contributed by atoms with Gasteiger partial charge in [-0.2, -0.15) is 0 Å². The van der Waals surface area contributed by atoms with Crippen molar-refractivity contribution in [1.29, 1.82) is 0 Å². The first kappa shape index (κ1) is 29.6. The minimum atomic E-state index is -2.87. The zero-order valence-electron chi connectivity index (χ0n) is 24.9. The molecule has 0 saturated heterocycles. The van der Waals surface area contributed by atoms with Crippen molar-refractivity contribution in [3.8, 4) is 5.75 Å². The summed E-state index contributed by atoms with van der Waals surface area (Å²) in [5, 5.41) is 0.484. The van der Waals surface area contributed by atoms with E-state index in [1.807, 2.05) is 25.1 Å². The number of ether oxygens (including phenoxy) is 2. The SMILES string of the molecule is C=S1(=O)NC(=O)c2ccc3c(c2)N(C[C@@H]2CC[C@H]2[C@@H](OC)/C=C/[C@@H](C)C[C@H]1C)C[C@@]1(CCCc2cc(Cl)ccc21)CO3. The molecule has 0 aromatic heterocycles. The van der Waals surface area contributed by atoms with Crippen molar-refractivity contribution in [2.24, 2.45) is 17.8 Å². The molecular formula is C34H43ClN2O4S. The molecule has 2 aliphatic heterocycles.